The van der Waals surface area contributed by atoms with Gasteiger partial charge >= 0.3 is 6.09 Å². The second-order valence-corrected chi connectivity index (χ2v) is 8.20. The smallest absolute Gasteiger partial charge is 0.410 e. The van der Waals surface area contributed by atoms with E-state index in [1.165, 1.54) is 0 Å². The van der Waals surface area contributed by atoms with Gasteiger partial charge in [0.05, 0.1) is 5.69 Å². The molecule has 1 heterocycles. The van der Waals surface area contributed by atoms with E-state index in [9.17, 15) is 9.18 Å². The highest BCUT2D eigenvalue weighted by Crippen LogP contribution is 2.35. The highest BCUT2D eigenvalue weighted by Gasteiger charge is 2.29. The lowest BCUT2D eigenvalue weighted by Crippen LogP contribution is -2.41. The summed E-state index contributed by atoms with van der Waals surface area (Å²) in [5.41, 5.74) is 1.83. The first-order valence-corrected chi connectivity index (χ1v) is 9.12. The van der Waals surface area contributed by atoms with Gasteiger partial charge in [-0.1, -0.05) is 6.07 Å². The normalized spacial score (nSPS) is 16.2. The predicted molar refractivity (Wildman–Crippen MR) is 99.7 cm³/mol. The molecule has 1 aliphatic rings. The fourth-order valence-corrected chi connectivity index (χ4v) is 3.29. The molecule has 5 heteroatoms. The molecule has 0 aliphatic carbocycles. The van der Waals surface area contributed by atoms with Crippen molar-refractivity contribution in [1.82, 2.24) is 4.90 Å². The Morgan fingerprint density at radius 3 is 2.40 bits per heavy atom. The van der Waals surface area contributed by atoms with Crippen LogP contribution in [0.15, 0.2) is 12.1 Å². The van der Waals surface area contributed by atoms with Crippen molar-refractivity contribution < 1.29 is 13.9 Å². The maximum Gasteiger partial charge on any atom is 0.410 e. The van der Waals surface area contributed by atoms with Gasteiger partial charge in [-0.25, -0.2) is 9.18 Å². The third kappa shape index (κ3) is 5.10. The molecule has 0 radical (unpaired) electrons. The van der Waals surface area contributed by atoms with Crippen molar-refractivity contribution in [3.05, 3.63) is 29.1 Å². The van der Waals surface area contributed by atoms with Gasteiger partial charge in [-0.15, -0.1) is 0 Å². The first-order valence-electron chi connectivity index (χ1n) is 9.12. The van der Waals surface area contributed by atoms with Gasteiger partial charge in [-0.2, -0.15) is 0 Å². The monoisotopic (exact) mass is 350 g/mol. The number of hydrogen-bond acceptors (Lipinski definition) is 3. The molecule has 0 bridgehead atoms. The van der Waals surface area contributed by atoms with Crippen molar-refractivity contribution in [2.75, 3.05) is 18.4 Å². The molecule has 4 nitrogen and oxygen atoms in total. The molecule has 140 valence electrons. The third-order valence-corrected chi connectivity index (χ3v) is 4.40. The molecule has 1 N–H and O–H groups in total. The van der Waals surface area contributed by atoms with Gasteiger partial charge in [0.15, 0.2) is 0 Å². The number of carbonyl (C=O) groups excluding carboxylic acids is 1. The number of nitrogens with zero attached hydrogens (tertiary/aromatic N) is 1. The Morgan fingerprint density at radius 1 is 1.28 bits per heavy atom. The molecule has 0 saturated carbocycles. The maximum atomic E-state index is 15.0. The lowest BCUT2D eigenvalue weighted by Gasteiger charge is -2.34. The molecule has 0 spiro atoms. The number of carbonyl (C=O) groups is 1. The summed E-state index contributed by atoms with van der Waals surface area (Å²) >= 11 is 0. The van der Waals surface area contributed by atoms with E-state index in [1.54, 1.807) is 4.90 Å². The van der Waals surface area contributed by atoms with Crippen molar-refractivity contribution in [1.29, 1.82) is 0 Å². The van der Waals surface area contributed by atoms with Crippen LogP contribution >= 0.6 is 0 Å². The summed E-state index contributed by atoms with van der Waals surface area (Å²) in [5, 5.41) is 3.17. The van der Waals surface area contributed by atoms with Gasteiger partial charge in [0.1, 0.15) is 11.4 Å². The Bertz CT molecular complexity index is 615. The minimum Gasteiger partial charge on any atom is -0.444 e. The largest absolute Gasteiger partial charge is 0.444 e. The van der Waals surface area contributed by atoms with Crippen LogP contribution < -0.4 is 5.32 Å². The van der Waals surface area contributed by atoms with Crippen LogP contribution in [-0.4, -0.2) is 35.7 Å². The number of ether oxygens (including phenoxy) is 1. The van der Waals surface area contributed by atoms with E-state index in [0.29, 0.717) is 18.8 Å². The predicted octanol–water partition coefficient (Wildman–Crippen LogP) is 5.07. The Hall–Kier alpha value is -1.78. The van der Waals surface area contributed by atoms with Gasteiger partial charge < -0.3 is 15.0 Å². The van der Waals surface area contributed by atoms with Crippen LogP contribution in [0.3, 0.4) is 0 Å². The van der Waals surface area contributed by atoms with Crippen LogP contribution in [0.1, 0.15) is 64.5 Å². The molecule has 1 aliphatic heterocycles. The van der Waals surface area contributed by atoms with E-state index in [-0.39, 0.29) is 23.9 Å². The Labute approximate surface area is 150 Å². The van der Waals surface area contributed by atoms with Crippen LogP contribution in [-0.2, 0) is 4.74 Å². The average molecular weight is 350 g/mol. The zero-order valence-corrected chi connectivity index (χ0v) is 16.3. The molecule has 1 aromatic carbocycles. The van der Waals surface area contributed by atoms with Crippen molar-refractivity contribution in [2.45, 2.75) is 71.9 Å². The van der Waals surface area contributed by atoms with Crippen LogP contribution in [0.4, 0.5) is 14.9 Å². The Morgan fingerprint density at radius 2 is 1.88 bits per heavy atom. The maximum absolute atomic E-state index is 15.0. The lowest BCUT2D eigenvalue weighted by atomic mass is 9.86. The van der Waals surface area contributed by atoms with Crippen molar-refractivity contribution in [2.24, 2.45) is 0 Å². The summed E-state index contributed by atoms with van der Waals surface area (Å²) in [6.07, 6.45) is 1.22. The van der Waals surface area contributed by atoms with Crippen LogP contribution in [0.2, 0.25) is 0 Å². The summed E-state index contributed by atoms with van der Waals surface area (Å²) < 4.78 is 20.4. The molecular weight excluding hydrogens is 319 g/mol. The first kappa shape index (κ1) is 19.5. The average Bonchev–Trinajstić information content (AvgIpc) is 2.49. The minimum absolute atomic E-state index is 0.132. The quantitative estimate of drug-likeness (QED) is 0.827. The Kier molecular flexibility index (Phi) is 5.96. The number of likely N-dealkylation sites (tertiary alicyclic amines) is 1. The molecular formula is C20H31FN2O2. The van der Waals surface area contributed by atoms with E-state index in [2.05, 4.69) is 5.32 Å². The minimum atomic E-state index is -0.493. The molecule has 0 atom stereocenters. The second kappa shape index (κ2) is 7.63. The van der Waals surface area contributed by atoms with E-state index in [4.69, 9.17) is 4.74 Å². The molecule has 1 aromatic rings. The molecule has 1 saturated heterocycles. The fraction of sp³-hybridized carbons (Fsp3) is 0.650. The molecule has 1 fully saturated rings. The molecule has 2 rings (SSSR count). The van der Waals surface area contributed by atoms with Crippen molar-refractivity contribution in [3.8, 4) is 0 Å². The number of piperidine rings is 1. The number of aryl methyl sites for hydroxylation is 1. The van der Waals surface area contributed by atoms with Gasteiger partial charge in [-0.05, 0) is 77.5 Å². The zero-order chi connectivity index (χ0) is 18.8. The number of hydrogen-bond donors (Lipinski definition) is 1. The van der Waals surface area contributed by atoms with Crippen molar-refractivity contribution in [3.63, 3.8) is 0 Å². The van der Waals surface area contributed by atoms with E-state index in [1.807, 2.05) is 53.7 Å². The van der Waals surface area contributed by atoms with Gasteiger partial charge in [0, 0.05) is 19.1 Å². The highest BCUT2D eigenvalue weighted by atomic mass is 19.1. The van der Waals surface area contributed by atoms with Crippen LogP contribution in [0, 0.1) is 12.7 Å². The number of nitrogens with one attached hydrogen (secondary N) is 1. The zero-order valence-electron chi connectivity index (χ0n) is 16.3. The SMILES string of the molecule is Cc1ccc(NC(C)C)c(F)c1C1CCN(C(=O)OC(C)(C)C)CC1. The summed E-state index contributed by atoms with van der Waals surface area (Å²) in [5.74, 6) is -0.0167. The topological polar surface area (TPSA) is 41.6 Å². The Balaban J connectivity index is 2.09. The molecule has 25 heavy (non-hydrogen) atoms. The molecule has 1 amide bonds. The van der Waals surface area contributed by atoms with Crippen LogP contribution in [0.5, 0.6) is 0 Å². The number of rotatable bonds is 3. The van der Waals surface area contributed by atoms with E-state index < -0.39 is 5.60 Å². The highest BCUT2D eigenvalue weighted by molar-refractivity contribution is 5.68. The summed E-state index contributed by atoms with van der Waals surface area (Å²) in [6, 6.07) is 3.96. The van der Waals surface area contributed by atoms with Crippen LogP contribution in [0.25, 0.3) is 0 Å². The standard InChI is InChI=1S/C20H31FN2O2/c1-13(2)22-16-8-7-14(3)17(18(16)21)15-9-11-23(12-10-15)19(24)25-20(4,5)6/h7-8,13,15,22H,9-12H2,1-6H3. The van der Waals surface area contributed by atoms with Crippen molar-refractivity contribution >= 4 is 11.8 Å². The number of benzene rings is 1. The lowest BCUT2D eigenvalue weighted by molar-refractivity contribution is 0.0204. The second-order valence-electron chi connectivity index (χ2n) is 8.20. The summed E-state index contributed by atoms with van der Waals surface area (Å²) in [4.78, 5) is 13.9. The number of anilines is 1. The number of amides is 1. The van der Waals surface area contributed by atoms with E-state index in [0.717, 1.165) is 24.0 Å². The molecule has 0 aromatic heterocycles. The van der Waals surface area contributed by atoms with E-state index >= 15 is 0 Å². The first-order chi connectivity index (χ1) is 11.6. The summed E-state index contributed by atoms with van der Waals surface area (Å²) in [6.45, 7) is 12.7. The van der Waals surface area contributed by atoms with Gasteiger partial charge in [0.25, 0.3) is 0 Å². The van der Waals surface area contributed by atoms with Gasteiger partial charge in [0.2, 0.25) is 0 Å². The third-order valence-electron chi connectivity index (χ3n) is 4.40. The number of halogens is 1. The fourth-order valence-electron chi connectivity index (χ4n) is 3.29. The van der Waals surface area contributed by atoms with Gasteiger partial charge in [-0.3, -0.25) is 0 Å². The summed E-state index contributed by atoms with van der Waals surface area (Å²) in [7, 11) is 0. The molecule has 0 unspecified atom stereocenters.